The zero-order valence-corrected chi connectivity index (χ0v) is 13.2. The first-order chi connectivity index (χ1) is 10.4. The molecule has 1 atom stereocenters. The van der Waals surface area contributed by atoms with E-state index in [2.05, 4.69) is 10.5 Å². The number of esters is 1. The van der Waals surface area contributed by atoms with Crippen molar-refractivity contribution in [3.63, 3.8) is 0 Å². The molecule has 2 aromatic rings. The minimum atomic E-state index is -1.05. The molecular formula is C14H12Cl2N2O4. The smallest absolute Gasteiger partial charge is 0.377 e. The highest BCUT2D eigenvalue weighted by molar-refractivity contribution is 6.35. The number of carbonyl (C=O) groups excluding carboxylic acids is 2. The summed E-state index contributed by atoms with van der Waals surface area (Å²) in [5.41, 5.74) is 0.868. The number of hydrogen-bond donors (Lipinski definition) is 1. The van der Waals surface area contributed by atoms with Gasteiger partial charge in [-0.2, -0.15) is 0 Å². The van der Waals surface area contributed by atoms with Crippen LogP contribution in [0.3, 0.4) is 0 Å². The number of halogens is 2. The van der Waals surface area contributed by atoms with Crippen molar-refractivity contribution in [2.45, 2.75) is 20.0 Å². The number of rotatable bonds is 4. The summed E-state index contributed by atoms with van der Waals surface area (Å²) in [5, 5.41) is 6.84. The molecule has 0 spiro atoms. The van der Waals surface area contributed by atoms with Crippen LogP contribution in [0.25, 0.3) is 0 Å². The van der Waals surface area contributed by atoms with Crippen molar-refractivity contribution in [3.8, 4) is 0 Å². The Hall–Kier alpha value is -2.05. The Bertz CT molecular complexity index is 715. The first-order valence-electron chi connectivity index (χ1n) is 6.27. The van der Waals surface area contributed by atoms with Crippen molar-refractivity contribution in [2.75, 3.05) is 5.32 Å². The van der Waals surface area contributed by atoms with E-state index in [1.165, 1.54) is 19.1 Å². The lowest BCUT2D eigenvalue weighted by Gasteiger charge is -2.13. The second-order valence-electron chi connectivity index (χ2n) is 4.49. The number of carbonyl (C=O) groups is 2. The number of hydrogen-bond acceptors (Lipinski definition) is 5. The van der Waals surface area contributed by atoms with Crippen molar-refractivity contribution < 1.29 is 18.8 Å². The topological polar surface area (TPSA) is 81.4 Å². The molecule has 1 aromatic heterocycles. The second-order valence-corrected chi connectivity index (χ2v) is 5.34. The predicted octanol–water partition coefficient (Wildman–Crippen LogP) is 3.47. The Labute approximate surface area is 136 Å². The van der Waals surface area contributed by atoms with Crippen LogP contribution in [0, 0.1) is 6.92 Å². The summed E-state index contributed by atoms with van der Waals surface area (Å²) in [5.74, 6) is -1.40. The SMILES string of the molecule is Cc1cc(C(=O)O[C@@H](C)C(=O)Nc2cc(Cl)ccc2Cl)on1. The number of nitrogens with one attached hydrogen (secondary N) is 1. The van der Waals surface area contributed by atoms with Gasteiger partial charge in [0.25, 0.3) is 5.91 Å². The van der Waals surface area contributed by atoms with E-state index in [0.717, 1.165) is 0 Å². The molecule has 1 heterocycles. The molecule has 2 rings (SSSR count). The van der Waals surface area contributed by atoms with Gasteiger partial charge in [-0.1, -0.05) is 28.4 Å². The van der Waals surface area contributed by atoms with E-state index < -0.39 is 18.0 Å². The molecular weight excluding hydrogens is 331 g/mol. The highest BCUT2D eigenvalue weighted by Gasteiger charge is 2.22. The Balaban J connectivity index is 2.00. The van der Waals surface area contributed by atoms with Crippen LogP contribution in [0.4, 0.5) is 5.69 Å². The number of benzene rings is 1. The molecule has 8 heteroatoms. The van der Waals surface area contributed by atoms with E-state index in [9.17, 15) is 9.59 Å². The third kappa shape index (κ3) is 3.99. The summed E-state index contributed by atoms with van der Waals surface area (Å²) in [7, 11) is 0. The van der Waals surface area contributed by atoms with Crippen LogP contribution < -0.4 is 5.32 Å². The minimum Gasteiger partial charge on any atom is -0.447 e. The maximum absolute atomic E-state index is 12.0. The molecule has 0 radical (unpaired) electrons. The first kappa shape index (κ1) is 16.3. The molecule has 0 fully saturated rings. The first-order valence-corrected chi connectivity index (χ1v) is 7.02. The van der Waals surface area contributed by atoms with Crippen LogP contribution in [0.2, 0.25) is 10.0 Å². The summed E-state index contributed by atoms with van der Waals surface area (Å²) in [6.45, 7) is 3.09. The van der Waals surface area contributed by atoms with Gasteiger partial charge >= 0.3 is 5.97 Å². The fraction of sp³-hybridized carbons (Fsp3) is 0.214. The predicted molar refractivity (Wildman–Crippen MR) is 81.2 cm³/mol. The largest absolute Gasteiger partial charge is 0.447 e. The van der Waals surface area contributed by atoms with Gasteiger partial charge in [0.1, 0.15) is 0 Å². The Morgan fingerprint density at radius 1 is 1.32 bits per heavy atom. The molecule has 0 unspecified atom stereocenters. The second kappa shape index (κ2) is 6.81. The maximum Gasteiger partial charge on any atom is 0.377 e. The van der Waals surface area contributed by atoms with Crippen molar-refractivity contribution >= 4 is 40.8 Å². The highest BCUT2D eigenvalue weighted by atomic mass is 35.5. The number of anilines is 1. The van der Waals surface area contributed by atoms with Crippen molar-refractivity contribution in [2.24, 2.45) is 0 Å². The standard InChI is InChI=1S/C14H12Cl2N2O4/c1-7-5-12(22-18-7)14(20)21-8(2)13(19)17-11-6-9(15)3-4-10(11)16/h3-6,8H,1-2H3,(H,17,19)/t8-/m0/s1. The summed E-state index contributed by atoms with van der Waals surface area (Å²) in [6.07, 6.45) is -1.05. The highest BCUT2D eigenvalue weighted by Crippen LogP contribution is 2.25. The normalized spacial score (nSPS) is 11.8. The summed E-state index contributed by atoms with van der Waals surface area (Å²) in [6, 6.07) is 6.06. The van der Waals surface area contributed by atoms with Gasteiger partial charge in [0.15, 0.2) is 6.10 Å². The van der Waals surface area contributed by atoms with E-state index in [1.54, 1.807) is 19.1 Å². The third-order valence-electron chi connectivity index (χ3n) is 2.67. The fourth-order valence-corrected chi connectivity index (χ4v) is 1.90. The Morgan fingerprint density at radius 2 is 2.05 bits per heavy atom. The van der Waals surface area contributed by atoms with E-state index in [-0.39, 0.29) is 5.76 Å². The molecule has 0 saturated heterocycles. The molecule has 0 aliphatic heterocycles. The molecule has 1 aromatic carbocycles. The van der Waals surface area contributed by atoms with Gasteiger partial charge in [-0.3, -0.25) is 4.79 Å². The van der Waals surface area contributed by atoms with Gasteiger partial charge in [0.05, 0.1) is 16.4 Å². The number of ether oxygens (including phenoxy) is 1. The molecule has 0 saturated carbocycles. The molecule has 0 aliphatic rings. The van der Waals surface area contributed by atoms with Crippen molar-refractivity contribution in [3.05, 3.63) is 45.8 Å². The lowest BCUT2D eigenvalue weighted by molar-refractivity contribution is -0.123. The zero-order valence-electron chi connectivity index (χ0n) is 11.7. The molecule has 116 valence electrons. The van der Waals surface area contributed by atoms with E-state index in [4.69, 9.17) is 32.5 Å². The monoisotopic (exact) mass is 342 g/mol. The van der Waals surface area contributed by atoms with Crippen LogP contribution in [0.5, 0.6) is 0 Å². The molecule has 6 nitrogen and oxygen atoms in total. The van der Waals surface area contributed by atoms with Crippen LogP contribution in [-0.4, -0.2) is 23.1 Å². The van der Waals surface area contributed by atoms with Gasteiger partial charge in [-0.05, 0) is 32.0 Å². The number of amides is 1. The van der Waals surface area contributed by atoms with Crippen molar-refractivity contribution in [1.29, 1.82) is 0 Å². The van der Waals surface area contributed by atoms with Crippen molar-refractivity contribution in [1.82, 2.24) is 5.16 Å². The van der Waals surface area contributed by atoms with Gasteiger partial charge < -0.3 is 14.6 Å². The number of aromatic nitrogens is 1. The average Bonchev–Trinajstić information content (AvgIpc) is 2.89. The molecule has 0 aliphatic carbocycles. The number of nitrogens with zero attached hydrogens (tertiary/aromatic N) is 1. The quantitative estimate of drug-likeness (QED) is 0.860. The third-order valence-corrected chi connectivity index (χ3v) is 3.23. The van der Waals surface area contributed by atoms with E-state index >= 15 is 0 Å². The average molecular weight is 343 g/mol. The van der Waals surface area contributed by atoms with E-state index in [1.807, 2.05) is 0 Å². The lowest BCUT2D eigenvalue weighted by Crippen LogP contribution is -2.30. The van der Waals surface area contributed by atoms with Crippen LogP contribution in [0.15, 0.2) is 28.8 Å². The van der Waals surface area contributed by atoms with Gasteiger partial charge in [-0.25, -0.2) is 4.79 Å². The minimum absolute atomic E-state index is 0.0714. The molecule has 1 N–H and O–H groups in total. The molecule has 22 heavy (non-hydrogen) atoms. The van der Waals surface area contributed by atoms with Crippen LogP contribution in [0.1, 0.15) is 23.2 Å². The summed E-state index contributed by atoms with van der Waals surface area (Å²) in [4.78, 5) is 23.8. The van der Waals surface area contributed by atoms with Gasteiger partial charge in [-0.15, -0.1) is 0 Å². The molecule has 0 bridgehead atoms. The van der Waals surface area contributed by atoms with E-state index in [0.29, 0.717) is 21.4 Å². The fourth-order valence-electron chi connectivity index (χ4n) is 1.56. The zero-order chi connectivity index (χ0) is 16.3. The van der Waals surface area contributed by atoms with Gasteiger partial charge in [0.2, 0.25) is 5.76 Å². The van der Waals surface area contributed by atoms with Gasteiger partial charge in [0, 0.05) is 11.1 Å². The lowest BCUT2D eigenvalue weighted by atomic mass is 10.3. The Morgan fingerprint density at radius 3 is 2.68 bits per heavy atom. The molecule has 1 amide bonds. The van der Waals surface area contributed by atoms with Crippen LogP contribution in [-0.2, 0) is 9.53 Å². The Kier molecular flexibility index (Phi) is 5.05. The summed E-state index contributed by atoms with van der Waals surface area (Å²) >= 11 is 11.8. The number of aryl methyl sites for hydroxylation is 1. The maximum atomic E-state index is 12.0. The van der Waals surface area contributed by atoms with Crippen LogP contribution >= 0.6 is 23.2 Å². The summed E-state index contributed by atoms with van der Waals surface area (Å²) < 4.78 is 9.76.